The molecule has 0 saturated carbocycles. The molecule has 92 valence electrons. The van der Waals surface area contributed by atoms with E-state index in [1.807, 2.05) is 0 Å². The first kappa shape index (κ1) is 21.7. The maximum atomic E-state index is 10.1. The Balaban J connectivity index is -0.000000845. The molecule has 0 spiro atoms. The summed E-state index contributed by atoms with van der Waals surface area (Å²) in [5.74, 6) is -0.909. The van der Waals surface area contributed by atoms with Gasteiger partial charge in [-0.25, -0.2) is 0 Å². The zero-order valence-corrected chi connectivity index (χ0v) is 13.1. The molecule has 0 aromatic carbocycles. The Morgan fingerprint density at radius 2 is 1.25 bits per heavy atom. The predicted molar refractivity (Wildman–Crippen MR) is 61.9 cm³/mol. The average molecular weight is 239 g/mol. The molecule has 0 aromatic heterocycles. The van der Waals surface area contributed by atoms with E-state index in [0.29, 0.717) is 0 Å². The van der Waals surface area contributed by atoms with E-state index in [2.05, 4.69) is 6.92 Å². The summed E-state index contributed by atoms with van der Waals surface area (Å²) in [5.41, 5.74) is 0. The van der Waals surface area contributed by atoms with Crippen LogP contribution >= 0.6 is 0 Å². The van der Waals surface area contributed by atoms with Crippen LogP contribution in [-0.2, 0) is 4.79 Å². The first-order chi connectivity index (χ1) is 6.77. The van der Waals surface area contributed by atoms with Crippen LogP contribution in [0.4, 0.5) is 0 Å². The van der Waals surface area contributed by atoms with Gasteiger partial charge in [-0.3, -0.25) is 0 Å². The van der Waals surface area contributed by atoms with Crippen LogP contribution in [0.25, 0.3) is 0 Å². The summed E-state index contributed by atoms with van der Waals surface area (Å²) in [5, 5.41) is 10.1. The van der Waals surface area contributed by atoms with E-state index in [9.17, 15) is 9.90 Å². The van der Waals surface area contributed by atoms with Crippen LogP contribution in [0, 0.1) is 0 Å². The molecule has 0 aliphatic rings. The van der Waals surface area contributed by atoms with Crippen molar-refractivity contribution >= 4 is 5.97 Å². The van der Waals surface area contributed by atoms with E-state index in [1.54, 1.807) is 0 Å². The molecule has 0 radical (unpaired) electrons. The van der Waals surface area contributed by atoms with Gasteiger partial charge in [0.1, 0.15) is 0 Å². The van der Waals surface area contributed by atoms with Crippen molar-refractivity contribution in [3.63, 3.8) is 0 Å². The molecule has 0 atom stereocenters. The molecule has 0 unspecified atom stereocenters. The fraction of sp³-hybridized carbons (Fsp3) is 0.917. The number of carbonyl (C=O) groups excluding carboxylic acids is 1. The van der Waals surface area contributed by atoms with E-state index in [1.165, 1.54) is 44.9 Å². The molecule has 0 bridgehead atoms. The van der Waals surface area contributed by atoms with Crippen LogP contribution < -0.4 is 40.8 Å². The van der Waals surface area contributed by atoms with Crippen molar-refractivity contribution in [1.82, 2.24) is 6.15 Å². The van der Waals surface area contributed by atoms with Gasteiger partial charge in [-0.05, 0) is 12.8 Å². The molecule has 0 aliphatic carbocycles. The van der Waals surface area contributed by atoms with Gasteiger partial charge < -0.3 is 16.1 Å². The van der Waals surface area contributed by atoms with Crippen molar-refractivity contribution in [2.45, 2.75) is 71.1 Å². The van der Waals surface area contributed by atoms with Crippen molar-refractivity contribution in [1.29, 1.82) is 0 Å². The van der Waals surface area contributed by atoms with E-state index in [-0.39, 0.29) is 42.1 Å². The minimum absolute atomic E-state index is 0. The number of unbranched alkanes of at least 4 members (excludes halogenated alkanes) is 8. The van der Waals surface area contributed by atoms with Crippen molar-refractivity contribution in [3.8, 4) is 0 Å². The van der Waals surface area contributed by atoms with Gasteiger partial charge in [0.2, 0.25) is 0 Å². The van der Waals surface area contributed by atoms with Crippen LogP contribution in [0.3, 0.4) is 0 Å². The number of hydrogen-bond donors (Lipinski definition) is 1. The summed E-state index contributed by atoms with van der Waals surface area (Å²) >= 11 is 0. The standard InChI is InChI=1S/C12H24O2.H3N.Na/c1-2-3-4-5-6-7-8-9-10-11-12(13)14;;/h2-11H2,1H3,(H,13,14);1H3;/q;;+1/p-1. The van der Waals surface area contributed by atoms with E-state index < -0.39 is 5.97 Å². The Morgan fingerprint density at radius 1 is 0.875 bits per heavy atom. The smallest absolute Gasteiger partial charge is 0.550 e. The molecule has 3 N–H and O–H groups in total. The molecule has 0 saturated heterocycles. The molecule has 16 heavy (non-hydrogen) atoms. The quantitative estimate of drug-likeness (QED) is 0.424. The first-order valence-electron chi connectivity index (χ1n) is 5.97. The molecule has 0 heterocycles. The number of carboxylic acids is 1. The third-order valence-electron chi connectivity index (χ3n) is 2.48. The maximum absolute atomic E-state index is 10.1. The summed E-state index contributed by atoms with van der Waals surface area (Å²) in [4.78, 5) is 10.1. The Morgan fingerprint density at radius 3 is 1.62 bits per heavy atom. The molecule has 4 heteroatoms. The zero-order chi connectivity index (χ0) is 10.6. The van der Waals surface area contributed by atoms with Crippen molar-refractivity contribution in [2.24, 2.45) is 0 Å². The number of aliphatic carboxylic acids is 1. The minimum atomic E-state index is -0.909. The normalized spacial score (nSPS) is 9.06. The van der Waals surface area contributed by atoms with Crippen LogP contribution in [-0.4, -0.2) is 5.97 Å². The predicted octanol–water partition coefficient (Wildman–Crippen LogP) is -0.177. The number of carboxylic acid groups (broad SMARTS) is 1. The van der Waals surface area contributed by atoms with Crippen LogP contribution in [0.2, 0.25) is 0 Å². The van der Waals surface area contributed by atoms with Gasteiger partial charge in [-0.2, -0.15) is 0 Å². The van der Waals surface area contributed by atoms with Gasteiger partial charge in [0.15, 0.2) is 0 Å². The average Bonchev–Trinajstić information content (AvgIpc) is 2.15. The molecular formula is C12H26NNaO2. The summed E-state index contributed by atoms with van der Waals surface area (Å²) in [6, 6.07) is 0. The maximum Gasteiger partial charge on any atom is 1.00 e. The van der Waals surface area contributed by atoms with Gasteiger partial charge in [0.05, 0.1) is 0 Å². The summed E-state index contributed by atoms with van der Waals surface area (Å²) in [6.45, 7) is 2.22. The second kappa shape index (κ2) is 17.8. The Hall–Kier alpha value is 0.430. The van der Waals surface area contributed by atoms with Crippen molar-refractivity contribution in [2.75, 3.05) is 0 Å². The van der Waals surface area contributed by atoms with Crippen molar-refractivity contribution < 1.29 is 39.5 Å². The van der Waals surface area contributed by atoms with Crippen LogP contribution in [0.1, 0.15) is 71.1 Å². The Bertz CT molecular complexity index is 143. The topological polar surface area (TPSA) is 75.1 Å². The van der Waals surface area contributed by atoms with Gasteiger partial charge in [-0.1, -0.05) is 58.3 Å². The second-order valence-electron chi connectivity index (χ2n) is 3.95. The van der Waals surface area contributed by atoms with Crippen LogP contribution in [0.15, 0.2) is 0 Å². The third-order valence-corrected chi connectivity index (χ3v) is 2.48. The van der Waals surface area contributed by atoms with Crippen LogP contribution in [0.5, 0.6) is 0 Å². The number of hydrogen-bond acceptors (Lipinski definition) is 3. The summed E-state index contributed by atoms with van der Waals surface area (Å²) in [6.07, 6.45) is 11.2. The largest absolute Gasteiger partial charge is 1.00 e. The fourth-order valence-corrected chi connectivity index (χ4v) is 1.58. The summed E-state index contributed by atoms with van der Waals surface area (Å²) < 4.78 is 0. The Labute approximate surface area is 122 Å². The molecule has 0 rings (SSSR count). The molecule has 3 nitrogen and oxygen atoms in total. The van der Waals surface area contributed by atoms with Gasteiger partial charge in [0, 0.05) is 5.97 Å². The van der Waals surface area contributed by atoms with E-state index in [0.717, 1.165) is 12.8 Å². The fourth-order valence-electron chi connectivity index (χ4n) is 1.58. The molecule has 0 aromatic rings. The van der Waals surface area contributed by atoms with Gasteiger partial charge in [-0.15, -0.1) is 0 Å². The molecule has 0 amide bonds. The second-order valence-corrected chi connectivity index (χ2v) is 3.95. The number of rotatable bonds is 10. The first-order valence-corrected chi connectivity index (χ1v) is 5.97. The van der Waals surface area contributed by atoms with Crippen molar-refractivity contribution in [3.05, 3.63) is 0 Å². The molecule has 0 fully saturated rings. The summed E-state index contributed by atoms with van der Waals surface area (Å²) in [7, 11) is 0. The van der Waals surface area contributed by atoms with E-state index >= 15 is 0 Å². The monoisotopic (exact) mass is 239 g/mol. The zero-order valence-electron chi connectivity index (χ0n) is 11.1. The van der Waals surface area contributed by atoms with Gasteiger partial charge in [0.25, 0.3) is 0 Å². The van der Waals surface area contributed by atoms with E-state index in [4.69, 9.17) is 0 Å². The molecular weight excluding hydrogens is 213 g/mol. The van der Waals surface area contributed by atoms with Gasteiger partial charge >= 0.3 is 29.6 Å². The molecule has 0 aliphatic heterocycles. The minimum Gasteiger partial charge on any atom is -0.550 e. The number of carbonyl (C=O) groups is 1. The Kier molecular flexibility index (Phi) is 24.1. The third kappa shape index (κ3) is 19.9. The SMILES string of the molecule is CCCCCCCCCCCC(=O)[O-].N.[Na+].